The Hall–Kier alpha value is -0.650. The van der Waals surface area contributed by atoms with Crippen LogP contribution in [0.4, 0.5) is 0 Å². The fourth-order valence-electron chi connectivity index (χ4n) is 4.50. The van der Waals surface area contributed by atoms with E-state index in [1.807, 2.05) is 0 Å². The number of hydrogen-bond acceptors (Lipinski definition) is 4. The van der Waals surface area contributed by atoms with Crippen LogP contribution in [0.15, 0.2) is 0 Å². The largest absolute Gasteiger partial charge is 0.340 e. The summed E-state index contributed by atoms with van der Waals surface area (Å²) in [4.78, 5) is 20.0. The second-order valence-corrected chi connectivity index (χ2v) is 8.13. The molecule has 132 valence electrons. The summed E-state index contributed by atoms with van der Waals surface area (Å²) in [5.74, 6) is 0.365. The summed E-state index contributed by atoms with van der Waals surface area (Å²) in [5, 5.41) is 3.34. The van der Waals surface area contributed by atoms with Gasteiger partial charge in [0.25, 0.3) is 0 Å². The minimum Gasteiger partial charge on any atom is -0.340 e. The second kappa shape index (κ2) is 7.08. The van der Waals surface area contributed by atoms with E-state index in [9.17, 15) is 4.79 Å². The van der Waals surface area contributed by atoms with Gasteiger partial charge in [0.2, 0.25) is 5.91 Å². The average molecular weight is 322 g/mol. The number of nitrogens with zero attached hydrogens (tertiary/aromatic N) is 3. The van der Waals surface area contributed by atoms with E-state index in [1.54, 1.807) is 0 Å². The molecule has 0 radical (unpaired) electrons. The Morgan fingerprint density at radius 1 is 1.09 bits per heavy atom. The van der Waals surface area contributed by atoms with Gasteiger partial charge in [0.1, 0.15) is 0 Å². The lowest BCUT2D eigenvalue weighted by atomic mass is 9.88. The molecule has 0 spiro atoms. The Labute approximate surface area is 141 Å². The van der Waals surface area contributed by atoms with Crippen molar-refractivity contribution in [3.8, 4) is 0 Å². The van der Waals surface area contributed by atoms with Crippen LogP contribution in [0, 0.1) is 5.41 Å². The molecule has 0 aromatic heterocycles. The number of nitrogens with one attached hydrogen (secondary N) is 1. The van der Waals surface area contributed by atoms with Crippen molar-refractivity contribution in [1.82, 2.24) is 20.0 Å². The molecule has 5 nitrogen and oxygen atoms in total. The van der Waals surface area contributed by atoms with Crippen LogP contribution in [0.5, 0.6) is 0 Å². The standard InChI is InChI=1S/C18H34N4O/c1-15-4-5-16(2)22(15)13-10-20-8-11-21(12-9-20)17(23)18(3)6-7-19-14-18/h15-16,19H,4-14H2,1-3H3. The van der Waals surface area contributed by atoms with Gasteiger partial charge in [0.15, 0.2) is 0 Å². The molecule has 0 bridgehead atoms. The Bertz CT molecular complexity index is 403. The fraction of sp³-hybridized carbons (Fsp3) is 0.944. The van der Waals surface area contributed by atoms with Gasteiger partial charge < -0.3 is 10.2 Å². The molecule has 3 heterocycles. The van der Waals surface area contributed by atoms with Crippen LogP contribution in [0.2, 0.25) is 0 Å². The van der Waals surface area contributed by atoms with E-state index >= 15 is 0 Å². The molecule has 1 amide bonds. The van der Waals surface area contributed by atoms with Crippen molar-refractivity contribution in [3.63, 3.8) is 0 Å². The zero-order valence-corrected chi connectivity index (χ0v) is 15.2. The van der Waals surface area contributed by atoms with Gasteiger partial charge in [0, 0.05) is 57.9 Å². The number of amides is 1. The minimum atomic E-state index is -0.164. The van der Waals surface area contributed by atoms with Crippen molar-refractivity contribution in [1.29, 1.82) is 0 Å². The Kier molecular flexibility index (Phi) is 5.29. The monoisotopic (exact) mass is 322 g/mol. The third kappa shape index (κ3) is 3.72. The molecular formula is C18H34N4O. The first-order valence-corrected chi connectivity index (χ1v) is 9.48. The number of rotatable bonds is 4. The molecule has 3 aliphatic rings. The van der Waals surface area contributed by atoms with Gasteiger partial charge in [-0.15, -0.1) is 0 Å². The lowest BCUT2D eigenvalue weighted by Crippen LogP contribution is -2.54. The molecule has 0 aromatic rings. The number of likely N-dealkylation sites (tertiary alicyclic amines) is 1. The smallest absolute Gasteiger partial charge is 0.229 e. The zero-order chi connectivity index (χ0) is 16.4. The predicted octanol–water partition coefficient (Wildman–Crippen LogP) is 1.00. The van der Waals surface area contributed by atoms with Gasteiger partial charge in [-0.2, -0.15) is 0 Å². The molecule has 3 rings (SSSR count). The van der Waals surface area contributed by atoms with Crippen molar-refractivity contribution in [2.45, 2.75) is 52.1 Å². The van der Waals surface area contributed by atoms with Crippen LogP contribution in [0.3, 0.4) is 0 Å². The van der Waals surface area contributed by atoms with Gasteiger partial charge in [-0.1, -0.05) is 0 Å². The van der Waals surface area contributed by atoms with Gasteiger partial charge in [-0.3, -0.25) is 14.6 Å². The maximum absolute atomic E-state index is 12.7. The van der Waals surface area contributed by atoms with Gasteiger partial charge in [0.05, 0.1) is 5.41 Å². The summed E-state index contributed by atoms with van der Waals surface area (Å²) in [7, 11) is 0. The first-order chi connectivity index (χ1) is 11.0. The first kappa shape index (κ1) is 17.2. The van der Waals surface area contributed by atoms with E-state index in [0.717, 1.165) is 64.3 Å². The molecule has 0 aromatic carbocycles. The van der Waals surface area contributed by atoms with Crippen LogP contribution in [0.25, 0.3) is 0 Å². The topological polar surface area (TPSA) is 38.8 Å². The zero-order valence-electron chi connectivity index (χ0n) is 15.2. The Morgan fingerprint density at radius 2 is 1.74 bits per heavy atom. The third-order valence-electron chi connectivity index (χ3n) is 6.35. The third-order valence-corrected chi connectivity index (χ3v) is 6.35. The number of piperazine rings is 1. The Balaban J connectivity index is 1.42. The minimum absolute atomic E-state index is 0.164. The van der Waals surface area contributed by atoms with Gasteiger partial charge >= 0.3 is 0 Å². The van der Waals surface area contributed by atoms with E-state index in [1.165, 1.54) is 19.4 Å². The molecule has 1 N–H and O–H groups in total. The lowest BCUT2D eigenvalue weighted by molar-refractivity contribution is -0.142. The normalized spacial score (nSPS) is 36.7. The van der Waals surface area contributed by atoms with E-state index in [4.69, 9.17) is 0 Å². The van der Waals surface area contributed by atoms with E-state index < -0.39 is 0 Å². The number of carbonyl (C=O) groups excluding carboxylic acids is 1. The molecule has 3 fully saturated rings. The molecule has 3 atom stereocenters. The van der Waals surface area contributed by atoms with Crippen molar-refractivity contribution >= 4 is 5.91 Å². The summed E-state index contributed by atoms with van der Waals surface area (Å²) in [6.45, 7) is 14.9. The summed E-state index contributed by atoms with van der Waals surface area (Å²) in [5.41, 5.74) is -0.164. The maximum atomic E-state index is 12.7. The highest BCUT2D eigenvalue weighted by molar-refractivity contribution is 5.83. The highest BCUT2D eigenvalue weighted by atomic mass is 16.2. The van der Waals surface area contributed by atoms with Crippen LogP contribution in [-0.2, 0) is 4.79 Å². The Morgan fingerprint density at radius 3 is 2.30 bits per heavy atom. The second-order valence-electron chi connectivity index (χ2n) is 8.13. The highest BCUT2D eigenvalue weighted by Crippen LogP contribution is 2.28. The SMILES string of the molecule is CC1CCC(C)N1CCN1CCN(C(=O)C2(C)CCNC2)CC1. The number of hydrogen-bond donors (Lipinski definition) is 1. The number of carbonyl (C=O) groups is 1. The van der Waals surface area contributed by atoms with E-state index in [0.29, 0.717) is 5.91 Å². The summed E-state index contributed by atoms with van der Waals surface area (Å²) in [6, 6.07) is 1.48. The lowest BCUT2D eigenvalue weighted by Gasteiger charge is -2.39. The highest BCUT2D eigenvalue weighted by Gasteiger charge is 2.40. The summed E-state index contributed by atoms with van der Waals surface area (Å²) >= 11 is 0. The fourth-order valence-corrected chi connectivity index (χ4v) is 4.50. The van der Waals surface area contributed by atoms with Gasteiger partial charge in [-0.25, -0.2) is 0 Å². The molecular weight excluding hydrogens is 288 g/mol. The van der Waals surface area contributed by atoms with Crippen LogP contribution in [-0.4, -0.2) is 85.0 Å². The van der Waals surface area contributed by atoms with E-state index in [-0.39, 0.29) is 5.41 Å². The maximum Gasteiger partial charge on any atom is 0.229 e. The first-order valence-electron chi connectivity index (χ1n) is 9.48. The average Bonchev–Trinajstić information content (AvgIpc) is 3.13. The molecule has 0 saturated carbocycles. The molecule has 3 unspecified atom stereocenters. The quantitative estimate of drug-likeness (QED) is 0.838. The van der Waals surface area contributed by atoms with Crippen molar-refractivity contribution in [3.05, 3.63) is 0 Å². The van der Waals surface area contributed by atoms with Crippen molar-refractivity contribution in [2.75, 3.05) is 52.4 Å². The van der Waals surface area contributed by atoms with Gasteiger partial charge in [-0.05, 0) is 46.6 Å². The summed E-state index contributed by atoms with van der Waals surface area (Å²) < 4.78 is 0. The summed E-state index contributed by atoms with van der Waals surface area (Å²) in [6.07, 6.45) is 3.67. The van der Waals surface area contributed by atoms with E-state index in [2.05, 4.69) is 40.8 Å². The molecule has 23 heavy (non-hydrogen) atoms. The molecule has 3 aliphatic heterocycles. The van der Waals surface area contributed by atoms with Crippen molar-refractivity contribution < 1.29 is 4.79 Å². The molecule has 5 heteroatoms. The van der Waals surface area contributed by atoms with Crippen molar-refractivity contribution in [2.24, 2.45) is 5.41 Å². The van der Waals surface area contributed by atoms with Crippen LogP contribution < -0.4 is 5.32 Å². The van der Waals surface area contributed by atoms with Crippen LogP contribution >= 0.6 is 0 Å². The molecule has 3 saturated heterocycles. The van der Waals surface area contributed by atoms with Crippen LogP contribution in [0.1, 0.15) is 40.0 Å². The predicted molar refractivity (Wildman–Crippen MR) is 93.5 cm³/mol. The molecule has 0 aliphatic carbocycles.